The molecule has 0 bridgehead atoms. The fraction of sp³-hybridized carbons (Fsp3) is 0.286. The molecule has 0 aliphatic heterocycles. The van der Waals surface area contributed by atoms with E-state index in [0.29, 0.717) is 23.5 Å². The first kappa shape index (κ1) is 9.17. The molecule has 3 N–H and O–H groups in total. The van der Waals surface area contributed by atoms with Gasteiger partial charge in [0.15, 0.2) is 11.5 Å². The van der Waals surface area contributed by atoms with Crippen molar-refractivity contribution in [3.8, 4) is 0 Å². The molecular weight excluding hydrogens is 206 g/mol. The highest BCUT2D eigenvalue weighted by molar-refractivity contribution is 6.28. The molecule has 0 fully saturated rings. The fourth-order valence-corrected chi connectivity index (χ4v) is 1.28. The lowest BCUT2D eigenvalue weighted by Gasteiger charge is -2.03. The molecule has 0 unspecified atom stereocenters. The maximum absolute atomic E-state index is 8.65. The summed E-state index contributed by atoms with van der Waals surface area (Å²) in [5.74, 6) is 0.523. The molecule has 0 aromatic carbocycles. The van der Waals surface area contributed by atoms with Gasteiger partial charge in [-0.1, -0.05) is 0 Å². The van der Waals surface area contributed by atoms with Gasteiger partial charge in [0.2, 0.25) is 5.28 Å². The van der Waals surface area contributed by atoms with Crippen LogP contribution in [0.25, 0.3) is 11.2 Å². The highest BCUT2D eigenvalue weighted by Gasteiger charge is 2.07. The third-order valence-electron chi connectivity index (χ3n) is 1.66. The summed E-state index contributed by atoms with van der Waals surface area (Å²) in [6.45, 7) is 0.419. The minimum absolute atomic E-state index is 0.0214. The van der Waals surface area contributed by atoms with Crippen LogP contribution in [0.3, 0.4) is 0 Å². The van der Waals surface area contributed by atoms with E-state index in [1.807, 2.05) is 0 Å². The molecule has 0 aliphatic carbocycles. The predicted octanol–water partition coefficient (Wildman–Crippen LogP) is 0.410. The van der Waals surface area contributed by atoms with Crippen molar-refractivity contribution in [1.29, 1.82) is 0 Å². The lowest BCUT2D eigenvalue weighted by Crippen LogP contribution is -2.08. The van der Waals surface area contributed by atoms with Gasteiger partial charge >= 0.3 is 0 Å². The van der Waals surface area contributed by atoms with Crippen LogP contribution >= 0.6 is 11.6 Å². The third kappa shape index (κ3) is 1.61. The van der Waals surface area contributed by atoms with Crippen LogP contribution in [0.1, 0.15) is 0 Å². The summed E-state index contributed by atoms with van der Waals surface area (Å²) in [6, 6.07) is 0. The lowest BCUT2D eigenvalue weighted by atomic mass is 10.5. The van der Waals surface area contributed by atoms with Gasteiger partial charge in [-0.2, -0.15) is 9.97 Å². The van der Waals surface area contributed by atoms with Crippen LogP contribution in [0.4, 0.5) is 5.82 Å². The molecule has 74 valence electrons. The first-order chi connectivity index (χ1) is 6.81. The minimum Gasteiger partial charge on any atom is -0.395 e. The SMILES string of the molecule is OCCNc1nc(Cl)nc2[nH]cnc12. The van der Waals surface area contributed by atoms with Crippen molar-refractivity contribution in [3.05, 3.63) is 11.6 Å². The van der Waals surface area contributed by atoms with Gasteiger partial charge in [-0.25, -0.2) is 4.98 Å². The van der Waals surface area contributed by atoms with E-state index in [2.05, 4.69) is 25.3 Å². The second-order valence-corrected chi connectivity index (χ2v) is 2.93. The number of imidazole rings is 1. The first-order valence-corrected chi connectivity index (χ1v) is 4.40. The summed E-state index contributed by atoms with van der Waals surface area (Å²) in [6.07, 6.45) is 1.51. The Morgan fingerprint density at radius 2 is 2.36 bits per heavy atom. The van der Waals surface area contributed by atoms with Crippen LogP contribution < -0.4 is 5.32 Å². The monoisotopic (exact) mass is 213 g/mol. The quantitative estimate of drug-likeness (QED) is 0.643. The van der Waals surface area contributed by atoms with E-state index in [4.69, 9.17) is 16.7 Å². The summed E-state index contributed by atoms with van der Waals surface area (Å²) in [7, 11) is 0. The van der Waals surface area contributed by atoms with E-state index < -0.39 is 0 Å². The van der Waals surface area contributed by atoms with Crippen LogP contribution in [0, 0.1) is 0 Å². The largest absolute Gasteiger partial charge is 0.395 e. The van der Waals surface area contributed by atoms with Crippen molar-refractivity contribution in [1.82, 2.24) is 19.9 Å². The van der Waals surface area contributed by atoms with Gasteiger partial charge in [0.25, 0.3) is 0 Å². The number of rotatable bonds is 3. The van der Waals surface area contributed by atoms with Crippen LogP contribution in [0.2, 0.25) is 5.28 Å². The second kappa shape index (κ2) is 3.77. The van der Waals surface area contributed by atoms with Crippen molar-refractivity contribution in [2.75, 3.05) is 18.5 Å². The summed E-state index contributed by atoms with van der Waals surface area (Å²) in [5, 5.41) is 11.7. The number of aromatic amines is 1. The molecule has 7 heteroatoms. The lowest BCUT2D eigenvalue weighted by molar-refractivity contribution is 0.311. The Labute approximate surface area is 84.4 Å². The number of hydrogen-bond donors (Lipinski definition) is 3. The van der Waals surface area contributed by atoms with Gasteiger partial charge < -0.3 is 15.4 Å². The third-order valence-corrected chi connectivity index (χ3v) is 1.82. The summed E-state index contributed by atoms with van der Waals surface area (Å²) < 4.78 is 0. The molecule has 0 radical (unpaired) electrons. The standard InChI is InChI=1S/C7H8ClN5O/c8-7-12-5(9-1-2-14)4-6(13-7)11-3-10-4/h3,14H,1-2H2,(H2,9,10,11,12,13). The Morgan fingerprint density at radius 1 is 1.50 bits per heavy atom. The highest BCUT2D eigenvalue weighted by Crippen LogP contribution is 2.17. The average molecular weight is 214 g/mol. The zero-order chi connectivity index (χ0) is 9.97. The van der Waals surface area contributed by atoms with Crippen LogP contribution in [0.5, 0.6) is 0 Å². The zero-order valence-corrected chi connectivity index (χ0v) is 7.91. The average Bonchev–Trinajstić information content (AvgIpc) is 2.61. The van der Waals surface area contributed by atoms with Gasteiger partial charge in [-0.15, -0.1) is 0 Å². The summed E-state index contributed by atoms with van der Waals surface area (Å²) in [4.78, 5) is 14.8. The highest BCUT2D eigenvalue weighted by atomic mass is 35.5. The molecule has 2 aromatic heterocycles. The van der Waals surface area contributed by atoms with E-state index in [1.54, 1.807) is 0 Å². The topological polar surface area (TPSA) is 86.7 Å². The van der Waals surface area contributed by atoms with E-state index in [9.17, 15) is 0 Å². The Hall–Kier alpha value is -1.40. The normalized spacial score (nSPS) is 10.7. The minimum atomic E-state index is 0.0214. The van der Waals surface area contributed by atoms with E-state index in [0.717, 1.165) is 0 Å². The molecule has 0 amide bonds. The fourth-order valence-electron chi connectivity index (χ4n) is 1.11. The van der Waals surface area contributed by atoms with Gasteiger partial charge in [0.1, 0.15) is 5.52 Å². The van der Waals surface area contributed by atoms with Crippen LogP contribution in [-0.2, 0) is 0 Å². The van der Waals surface area contributed by atoms with Crippen molar-refractivity contribution in [2.45, 2.75) is 0 Å². The number of fused-ring (bicyclic) bond motifs is 1. The number of aromatic nitrogens is 4. The molecule has 2 aromatic rings. The number of aliphatic hydroxyl groups excluding tert-OH is 1. The summed E-state index contributed by atoms with van der Waals surface area (Å²) >= 11 is 5.69. The molecule has 0 spiro atoms. The van der Waals surface area contributed by atoms with Crippen LogP contribution in [-0.4, -0.2) is 38.2 Å². The van der Waals surface area contributed by atoms with Gasteiger partial charge in [0.05, 0.1) is 12.9 Å². The Kier molecular flexibility index (Phi) is 2.47. The first-order valence-electron chi connectivity index (χ1n) is 4.02. The Morgan fingerprint density at radius 3 is 3.14 bits per heavy atom. The molecule has 14 heavy (non-hydrogen) atoms. The van der Waals surface area contributed by atoms with E-state index in [-0.39, 0.29) is 11.9 Å². The molecule has 0 aliphatic rings. The molecule has 2 heterocycles. The van der Waals surface area contributed by atoms with Gasteiger partial charge in [0, 0.05) is 6.54 Å². The number of H-pyrrole nitrogens is 1. The van der Waals surface area contributed by atoms with Crippen molar-refractivity contribution in [2.24, 2.45) is 0 Å². The van der Waals surface area contributed by atoms with Crippen molar-refractivity contribution < 1.29 is 5.11 Å². The second-order valence-electron chi connectivity index (χ2n) is 2.59. The predicted molar refractivity (Wildman–Crippen MR) is 52.3 cm³/mol. The van der Waals surface area contributed by atoms with Crippen LogP contribution in [0.15, 0.2) is 6.33 Å². The molecule has 2 rings (SSSR count). The van der Waals surface area contributed by atoms with Crippen molar-refractivity contribution in [3.63, 3.8) is 0 Å². The van der Waals surface area contributed by atoms with E-state index >= 15 is 0 Å². The Bertz CT molecular complexity index is 443. The summed E-state index contributed by atoms with van der Waals surface area (Å²) in [5.41, 5.74) is 1.19. The number of hydrogen-bond acceptors (Lipinski definition) is 5. The molecular formula is C7H8ClN5O. The molecule has 0 saturated carbocycles. The molecule has 0 saturated heterocycles. The number of halogens is 1. The number of nitrogens with zero attached hydrogens (tertiary/aromatic N) is 3. The van der Waals surface area contributed by atoms with E-state index in [1.165, 1.54) is 6.33 Å². The number of nitrogens with one attached hydrogen (secondary N) is 2. The smallest absolute Gasteiger partial charge is 0.226 e. The molecule has 0 atom stereocenters. The maximum atomic E-state index is 8.65. The Balaban J connectivity index is 2.44. The maximum Gasteiger partial charge on any atom is 0.226 e. The number of anilines is 1. The van der Waals surface area contributed by atoms with Gasteiger partial charge in [-0.05, 0) is 11.6 Å². The number of aliphatic hydroxyl groups is 1. The van der Waals surface area contributed by atoms with Crippen molar-refractivity contribution >= 4 is 28.6 Å². The van der Waals surface area contributed by atoms with Gasteiger partial charge in [-0.3, -0.25) is 0 Å². The zero-order valence-electron chi connectivity index (χ0n) is 7.16. The molecule has 6 nitrogen and oxygen atoms in total.